The van der Waals surface area contributed by atoms with Gasteiger partial charge in [-0.2, -0.15) is 0 Å². The molecule has 0 radical (unpaired) electrons. The Bertz CT molecular complexity index is 1080. The molecule has 0 saturated heterocycles. The maximum absolute atomic E-state index is 13.0. The standard InChI is InChI=1S/C27H25NO7/c1-20(29)28(27(32)35-19-23-15-9-4-10-16-23)24(25(30)33-17-21-11-5-2-6-12-21)26(31)34-18-22-13-7-3-8-14-22/h2-16,24H,17-19H2,1H3. The lowest BCUT2D eigenvalue weighted by Crippen LogP contribution is -2.53. The predicted molar refractivity (Wildman–Crippen MR) is 125 cm³/mol. The molecule has 3 aromatic rings. The summed E-state index contributed by atoms with van der Waals surface area (Å²) in [5, 5.41) is 0. The second kappa shape index (κ2) is 12.7. The van der Waals surface area contributed by atoms with Gasteiger partial charge in [0.1, 0.15) is 19.8 Å². The topological polar surface area (TPSA) is 99.2 Å². The first kappa shape index (κ1) is 25.2. The molecule has 0 aliphatic heterocycles. The summed E-state index contributed by atoms with van der Waals surface area (Å²) in [7, 11) is 0. The van der Waals surface area contributed by atoms with Crippen molar-refractivity contribution in [3.8, 4) is 0 Å². The zero-order chi connectivity index (χ0) is 25.0. The van der Waals surface area contributed by atoms with Gasteiger partial charge in [-0.1, -0.05) is 91.0 Å². The largest absolute Gasteiger partial charge is 0.459 e. The third-order valence-electron chi connectivity index (χ3n) is 4.89. The summed E-state index contributed by atoms with van der Waals surface area (Å²) in [4.78, 5) is 51.6. The number of ether oxygens (including phenoxy) is 3. The summed E-state index contributed by atoms with van der Waals surface area (Å²) >= 11 is 0. The fourth-order valence-electron chi connectivity index (χ4n) is 3.13. The number of hydrogen-bond donors (Lipinski definition) is 0. The molecule has 0 heterocycles. The maximum atomic E-state index is 13.0. The number of hydrogen-bond acceptors (Lipinski definition) is 7. The van der Waals surface area contributed by atoms with Gasteiger partial charge in [0.2, 0.25) is 11.9 Å². The number of amides is 2. The van der Waals surface area contributed by atoms with E-state index in [0.29, 0.717) is 21.6 Å². The summed E-state index contributed by atoms with van der Waals surface area (Å²) < 4.78 is 15.7. The van der Waals surface area contributed by atoms with Gasteiger partial charge in [0.15, 0.2) is 0 Å². The third kappa shape index (κ3) is 7.53. The summed E-state index contributed by atoms with van der Waals surface area (Å²) in [6.07, 6.45) is -1.17. The molecule has 3 rings (SSSR count). The van der Waals surface area contributed by atoms with E-state index in [4.69, 9.17) is 14.2 Å². The Labute approximate surface area is 203 Å². The van der Waals surface area contributed by atoms with Crippen molar-refractivity contribution in [2.24, 2.45) is 0 Å². The Kier molecular flexibility index (Phi) is 9.13. The molecule has 3 aromatic carbocycles. The van der Waals surface area contributed by atoms with Crippen LogP contribution in [0.5, 0.6) is 0 Å². The van der Waals surface area contributed by atoms with E-state index in [9.17, 15) is 19.2 Å². The average Bonchev–Trinajstić information content (AvgIpc) is 2.89. The molecule has 0 spiro atoms. The molecule has 0 aliphatic rings. The first-order chi connectivity index (χ1) is 17.0. The van der Waals surface area contributed by atoms with Crippen molar-refractivity contribution in [2.75, 3.05) is 0 Å². The first-order valence-electron chi connectivity index (χ1n) is 10.9. The highest BCUT2D eigenvalue weighted by atomic mass is 16.6. The highest BCUT2D eigenvalue weighted by Crippen LogP contribution is 2.13. The smallest absolute Gasteiger partial charge is 0.418 e. The SMILES string of the molecule is CC(=O)N(C(=O)OCc1ccccc1)C(C(=O)OCc1ccccc1)C(=O)OCc1ccccc1. The van der Waals surface area contributed by atoms with Crippen molar-refractivity contribution in [2.45, 2.75) is 32.8 Å². The van der Waals surface area contributed by atoms with Crippen molar-refractivity contribution in [3.05, 3.63) is 108 Å². The molecule has 0 bridgehead atoms. The zero-order valence-electron chi connectivity index (χ0n) is 19.2. The number of benzene rings is 3. The summed E-state index contributed by atoms with van der Waals surface area (Å²) in [5.74, 6) is -3.10. The van der Waals surface area contributed by atoms with Crippen molar-refractivity contribution in [1.29, 1.82) is 0 Å². The molecule has 0 saturated carbocycles. The molecule has 2 amide bonds. The molecule has 0 aliphatic carbocycles. The lowest BCUT2D eigenvalue weighted by Gasteiger charge is -2.25. The van der Waals surface area contributed by atoms with E-state index in [-0.39, 0.29) is 19.8 Å². The zero-order valence-corrected chi connectivity index (χ0v) is 19.2. The van der Waals surface area contributed by atoms with Crippen LogP contribution >= 0.6 is 0 Å². The quantitative estimate of drug-likeness (QED) is 0.262. The second-order valence-electron chi connectivity index (χ2n) is 7.52. The van der Waals surface area contributed by atoms with Crippen LogP contribution in [0.25, 0.3) is 0 Å². The van der Waals surface area contributed by atoms with Crippen molar-refractivity contribution in [3.63, 3.8) is 0 Å². The molecular formula is C27H25NO7. The minimum atomic E-state index is -1.97. The van der Waals surface area contributed by atoms with E-state index in [0.717, 1.165) is 6.92 Å². The van der Waals surface area contributed by atoms with Gasteiger partial charge in [-0.25, -0.2) is 19.3 Å². The molecule has 0 atom stereocenters. The molecule has 180 valence electrons. The number of carbonyl (C=O) groups excluding carboxylic acids is 4. The van der Waals surface area contributed by atoms with Gasteiger partial charge < -0.3 is 14.2 Å². The summed E-state index contributed by atoms with van der Waals surface area (Å²) in [5.41, 5.74) is 2.00. The number of imide groups is 1. The van der Waals surface area contributed by atoms with Gasteiger partial charge in [-0.15, -0.1) is 0 Å². The average molecular weight is 475 g/mol. The van der Waals surface area contributed by atoms with E-state index in [2.05, 4.69) is 0 Å². The maximum Gasteiger partial charge on any atom is 0.418 e. The van der Waals surface area contributed by atoms with Crippen LogP contribution in [-0.2, 0) is 48.4 Å². The van der Waals surface area contributed by atoms with Crippen LogP contribution in [0, 0.1) is 0 Å². The number of carbonyl (C=O) groups is 4. The monoisotopic (exact) mass is 475 g/mol. The van der Waals surface area contributed by atoms with Crippen LogP contribution in [-0.4, -0.2) is 34.9 Å². The lowest BCUT2D eigenvalue weighted by molar-refractivity contribution is -0.168. The molecule has 8 nitrogen and oxygen atoms in total. The fourth-order valence-corrected chi connectivity index (χ4v) is 3.13. The van der Waals surface area contributed by atoms with Crippen molar-refractivity contribution < 1.29 is 33.4 Å². The highest BCUT2D eigenvalue weighted by molar-refractivity contribution is 6.07. The highest BCUT2D eigenvalue weighted by Gasteiger charge is 2.42. The third-order valence-corrected chi connectivity index (χ3v) is 4.89. The molecule has 0 fully saturated rings. The van der Waals surface area contributed by atoms with Gasteiger partial charge in [0.25, 0.3) is 0 Å². The van der Waals surface area contributed by atoms with Crippen LogP contribution in [0.15, 0.2) is 91.0 Å². The second-order valence-corrected chi connectivity index (χ2v) is 7.52. The Morgan fingerprint density at radius 3 is 1.29 bits per heavy atom. The minimum Gasteiger partial charge on any atom is -0.459 e. The summed E-state index contributed by atoms with van der Waals surface area (Å²) in [6, 6.07) is 24.4. The van der Waals surface area contributed by atoms with E-state index in [1.807, 2.05) is 0 Å². The van der Waals surface area contributed by atoms with Gasteiger partial charge in [-0.05, 0) is 16.7 Å². The molecule has 35 heavy (non-hydrogen) atoms. The van der Waals surface area contributed by atoms with E-state index >= 15 is 0 Å². The number of nitrogens with zero attached hydrogens (tertiary/aromatic N) is 1. The van der Waals surface area contributed by atoms with Crippen LogP contribution in [0.1, 0.15) is 23.6 Å². The van der Waals surface area contributed by atoms with Gasteiger partial charge in [-0.3, -0.25) is 4.79 Å². The Morgan fingerprint density at radius 2 is 0.943 bits per heavy atom. The van der Waals surface area contributed by atoms with Crippen molar-refractivity contribution >= 4 is 23.9 Å². The Hall–Kier alpha value is -4.46. The van der Waals surface area contributed by atoms with E-state index in [1.54, 1.807) is 91.0 Å². The molecule has 0 aromatic heterocycles. The predicted octanol–water partition coefficient (Wildman–Crippen LogP) is 4.03. The van der Waals surface area contributed by atoms with E-state index in [1.165, 1.54) is 0 Å². The van der Waals surface area contributed by atoms with Crippen molar-refractivity contribution in [1.82, 2.24) is 4.90 Å². The van der Waals surface area contributed by atoms with Crippen LogP contribution in [0.3, 0.4) is 0 Å². The number of rotatable bonds is 9. The summed E-state index contributed by atoms with van der Waals surface area (Å²) in [6.45, 7) is 0.569. The fraction of sp³-hybridized carbons (Fsp3) is 0.185. The molecule has 0 N–H and O–H groups in total. The Balaban J connectivity index is 1.78. The minimum absolute atomic E-state index is 0.158. The van der Waals surface area contributed by atoms with Crippen LogP contribution < -0.4 is 0 Å². The first-order valence-corrected chi connectivity index (χ1v) is 10.9. The Morgan fingerprint density at radius 1 is 0.600 bits per heavy atom. The van der Waals surface area contributed by atoms with Crippen LogP contribution in [0.2, 0.25) is 0 Å². The number of esters is 2. The van der Waals surface area contributed by atoms with Gasteiger partial charge in [0, 0.05) is 6.92 Å². The van der Waals surface area contributed by atoms with E-state index < -0.39 is 30.0 Å². The normalized spacial score (nSPS) is 10.3. The molecule has 8 heteroatoms. The lowest BCUT2D eigenvalue weighted by atomic mass is 10.2. The van der Waals surface area contributed by atoms with Gasteiger partial charge in [0.05, 0.1) is 0 Å². The van der Waals surface area contributed by atoms with Crippen LogP contribution in [0.4, 0.5) is 4.79 Å². The van der Waals surface area contributed by atoms with Gasteiger partial charge >= 0.3 is 18.0 Å². The molecular weight excluding hydrogens is 450 g/mol. The molecule has 0 unspecified atom stereocenters.